The van der Waals surface area contributed by atoms with Crippen LogP contribution in [-0.4, -0.2) is 27.2 Å². The smallest absolute Gasteiger partial charge is 0.272 e. The zero-order chi connectivity index (χ0) is 17.8. The third-order valence-corrected chi connectivity index (χ3v) is 3.42. The number of aromatic nitrogens is 3. The fourth-order valence-electron chi connectivity index (χ4n) is 2.24. The molecule has 3 heterocycles. The number of carbonyl (C=O) groups is 1. The van der Waals surface area contributed by atoms with Crippen LogP contribution in [0.15, 0.2) is 40.9 Å². The first-order chi connectivity index (χ1) is 12.0. The van der Waals surface area contributed by atoms with E-state index in [1.165, 1.54) is 0 Å². The van der Waals surface area contributed by atoms with E-state index in [-0.39, 0.29) is 12.0 Å². The van der Waals surface area contributed by atoms with E-state index in [2.05, 4.69) is 20.5 Å². The molecule has 0 aliphatic rings. The van der Waals surface area contributed by atoms with E-state index in [0.717, 1.165) is 11.3 Å². The number of pyridine rings is 1. The quantitative estimate of drug-likeness (QED) is 0.719. The molecular formula is C18H20N4O3. The summed E-state index contributed by atoms with van der Waals surface area (Å²) in [7, 11) is 0. The molecule has 0 fully saturated rings. The molecular weight excluding hydrogens is 320 g/mol. The van der Waals surface area contributed by atoms with Crippen molar-refractivity contribution in [1.82, 2.24) is 20.5 Å². The molecule has 0 aromatic carbocycles. The van der Waals surface area contributed by atoms with E-state index in [4.69, 9.17) is 9.15 Å². The van der Waals surface area contributed by atoms with Gasteiger partial charge in [0.1, 0.15) is 11.5 Å². The second-order valence-corrected chi connectivity index (χ2v) is 5.93. The molecule has 0 saturated heterocycles. The Balaban J connectivity index is 1.58. The van der Waals surface area contributed by atoms with Gasteiger partial charge in [-0.05, 0) is 38.5 Å². The van der Waals surface area contributed by atoms with Gasteiger partial charge in [-0.2, -0.15) is 5.10 Å². The highest BCUT2D eigenvalue weighted by molar-refractivity contribution is 5.93. The summed E-state index contributed by atoms with van der Waals surface area (Å²) < 4.78 is 11.0. The molecule has 0 spiro atoms. The highest BCUT2D eigenvalue weighted by Gasteiger charge is 2.13. The largest absolute Gasteiger partial charge is 0.475 e. The SMILES string of the molecule is Cc1ccc(-c2cc(C(=O)NCc3ccc(OC(C)C)nc3)n[nH]2)o1. The van der Waals surface area contributed by atoms with Crippen molar-refractivity contribution in [3.8, 4) is 17.3 Å². The molecule has 0 unspecified atom stereocenters. The number of nitrogens with zero attached hydrogens (tertiary/aromatic N) is 2. The molecule has 7 heteroatoms. The van der Waals surface area contributed by atoms with Crippen LogP contribution in [0, 0.1) is 6.92 Å². The van der Waals surface area contributed by atoms with Gasteiger partial charge >= 0.3 is 0 Å². The highest BCUT2D eigenvalue weighted by Crippen LogP contribution is 2.20. The molecule has 3 rings (SSSR count). The topological polar surface area (TPSA) is 93.0 Å². The minimum absolute atomic E-state index is 0.0739. The van der Waals surface area contributed by atoms with Gasteiger partial charge in [0.05, 0.1) is 6.10 Å². The van der Waals surface area contributed by atoms with Crippen LogP contribution in [0.25, 0.3) is 11.5 Å². The molecule has 2 N–H and O–H groups in total. The zero-order valence-corrected chi connectivity index (χ0v) is 14.4. The summed E-state index contributed by atoms with van der Waals surface area (Å²) >= 11 is 0. The number of carbonyl (C=O) groups excluding carboxylic acids is 1. The van der Waals surface area contributed by atoms with Gasteiger partial charge in [0, 0.05) is 24.9 Å². The Bertz CT molecular complexity index is 849. The molecule has 0 radical (unpaired) electrons. The predicted molar refractivity (Wildman–Crippen MR) is 92.2 cm³/mol. The second-order valence-electron chi connectivity index (χ2n) is 5.93. The summed E-state index contributed by atoms with van der Waals surface area (Å²) in [6.07, 6.45) is 1.75. The van der Waals surface area contributed by atoms with Gasteiger partial charge in [0.25, 0.3) is 5.91 Å². The van der Waals surface area contributed by atoms with Crippen molar-refractivity contribution in [3.63, 3.8) is 0 Å². The number of furan rings is 1. The van der Waals surface area contributed by atoms with Crippen LogP contribution in [0.4, 0.5) is 0 Å². The average Bonchev–Trinajstić information content (AvgIpc) is 3.22. The molecule has 0 aliphatic heterocycles. The third-order valence-electron chi connectivity index (χ3n) is 3.42. The summed E-state index contributed by atoms with van der Waals surface area (Å²) in [4.78, 5) is 16.4. The van der Waals surface area contributed by atoms with E-state index in [1.807, 2.05) is 39.0 Å². The molecule has 0 atom stereocenters. The minimum atomic E-state index is -0.270. The van der Waals surface area contributed by atoms with Crippen molar-refractivity contribution in [2.75, 3.05) is 0 Å². The van der Waals surface area contributed by atoms with Gasteiger partial charge in [0.2, 0.25) is 5.88 Å². The lowest BCUT2D eigenvalue weighted by atomic mass is 10.2. The Kier molecular flexibility index (Phi) is 4.83. The van der Waals surface area contributed by atoms with E-state index in [0.29, 0.717) is 29.6 Å². The van der Waals surface area contributed by atoms with E-state index < -0.39 is 0 Å². The van der Waals surface area contributed by atoms with Crippen LogP contribution in [0.3, 0.4) is 0 Å². The maximum absolute atomic E-state index is 12.2. The van der Waals surface area contributed by atoms with Gasteiger partial charge in [-0.3, -0.25) is 9.89 Å². The molecule has 3 aromatic heterocycles. The first-order valence-electron chi connectivity index (χ1n) is 8.03. The summed E-state index contributed by atoms with van der Waals surface area (Å²) in [6, 6.07) is 9.00. The Labute approximate surface area is 145 Å². The van der Waals surface area contributed by atoms with Crippen LogP contribution in [-0.2, 0) is 6.54 Å². The van der Waals surface area contributed by atoms with Crippen molar-refractivity contribution in [1.29, 1.82) is 0 Å². The van der Waals surface area contributed by atoms with Gasteiger partial charge in [-0.1, -0.05) is 6.07 Å². The van der Waals surface area contributed by atoms with Gasteiger partial charge in [-0.15, -0.1) is 0 Å². The molecule has 0 saturated carbocycles. The lowest BCUT2D eigenvalue weighted by Crippen LogP contribution is -2.23. The number of hydrogen-bond donors (Lipinski definition) is 2. The molecule has 0 bridgehead atoms. The number of ether oxygens (including phenoxy) is 1. The normalized spacial score (nSPS) is 10.9. The first-order valence-corrected chi connectivity index (χ1v) is 8.03. The third kappa shape index (κ3) is 4.26. The standard InChI is InChI=1S/C18H20N4O3/c1-11(2)24-17-7-5-13(9-19-17)10-20-18(23)15-8-14(21-22-15)16-6-4-12(3)25-16/h4-9,11H,10H2,1-3H3,(H,20,23)(H,21,22). The monoisotopic (exact) mass is 340 g/mol. The highest BCUT2D eigenvalue weighted by atomic mass is 16.5. The van der Waals surface area contributed by atoms with Crippen LogP contribution in [0.1, 0.15) is 35.7 Å². The number of hydrogen-bond acceptors (Lipinski definition) is 5. The van der Waals surface area contributed by atoms with Crippen LogP contribution >= 0.6 is 0 Å². The van der Waals surface area contributed by atoms with Crippen molar-refractivity contribution in [2.45, 2.75) is 33.4 Å². The van der Waals surface area contributed by atoms with Crippen molar-refractivity contribution >= 4 is 5.91 Å². The maximum Gasteiger partial charge on any atom is 0.272 e. The average molecular weight is 340 g/mol. The Morgan fingerprint density at radius 3 is 2.80 bits per heavy atom. The summed E-state index contributed by atoms with van der Waals surface area (Å²) in [6.45, 7) is 6.10. The number of aromatic amines is 1. The fraction of sp³-hybridized carbons (Fsp3) is 0.278. The van der Waals surface area contributed by atoms with Crippen LogP contribution < -0.4 is 10.1 Å². The number of aryl methyl sites for hydroxylation is 1. The molecule has 0 aliphatic carbocycles. The van der Waals surface area contributed by atoms with Crippen LogP contribution in [0.2, 0.25) is 0 Å². The minimum Gasteiger partial charge on any atom is -0.475 e. The predicted octanol–water partition coefficient (Wildman–Crippen LogP) is 3.09. The fourth-order valence-corrected chi connectivity index (χ4v) is 2.24. The zero-order valence-electron chi connectivity index (χ0n) is 14.4. The number of nitrogens with one attached hydrogen (secondary N) is 2. The maximum atomic E-state index is 12.2. The molecule has 7 nitrogen and oxygen atoms in total. The van der Waals surface area contributed by atoms with Crippen molar-refractivity contribution < 1.29 is 13.9 Å². The van der Waals surface area contributed by atoms with E-state index >= 15 is 0 Å². The van der Waals surface area contributed by atoms with Crippen molar-refractivity contribution in [2.24, 2.45) is 0 Å². The van der Waals surface area contributed by atoms with E-state index in [9.17, 15) is 4.79 Å². The van der Waals surface area contributed by atoms with Gasteiger partial charge < -0.3 is 14.5 Å². The number of amides is 1. The summed E-state index contributed by atoms with van der Waals surface area (Å²) in [5.41, 5.74) is 1.84. The summed E-state index contributed by atoms with van der Waals surface area (Å²) in [5.74, 6) is 1.74. The lowest BCUT2D eigenvalue weighted by Gasteiger charge is -2.09. The summed E-state index contributed by atoms with van der Waals surface area (Å²) in [5, 5.41) is 9.65. The first kappa shape index (κ1) is 16.8. The Morgan fingerprint density at radius 1 is 1.32 bits per heavy atom. The molecule has 130 valence electrons. The van der Waals surface area contributed by atoms with E-state index in [1.54, 1.807) is 18.3 Å². The molecule has 3 aromatic rings. The molecule has 1 amide bonds. The van der Waals surface area contributed by atoms with Crippen LogP contribution in [0.5, 0.6) is 5.88 Å². The number of rotatable bonds is 6. The molecule has 25 heavy (non-hydrogen) atoms. The van der Waals surface area contributed by atoms with Gasteiger partial charge in [-0.25, -0.2) is 4.98 Å². The number of H-pyrrole nitrogens is 1. The van der Waals surface area contributed by atoms with Crippen molar-refractivity contribution in [3.05, 3.63) is 53.5 Å². The Morgan fingerprint density at radius 2 is 2.16 bits per heavy atom. The Hall–Kier alpha value is -3.09. The lowest BCUT2D eigenvalue weighted by molar-refractivity contribution is 0.0946. The van der Waals surface area contributed by atoms with Gasteiger partial charge in [0.15, 0.2) is 11.5 Å². The second kappa shape index (κ2) is 7.21.